The van der Waals surface area contributed by atoms with Gasteiger partial charge < -0.3 is 4.74 Å². The molecule has 4 aromatic rings. The van der Waals surface area contributed by atoms with Crippen molar-refractivity contribution in [2.24, 2.45) is 0 Å². The number of benzene rings is 3. The summed E-state index contributed by atoms with van der Waals surface area (Å²) in [6.45, 7) is 1.98. The molecule has 0 aliphatic heterocycles. The van der Waals surface area contributed by atoms with Gasteiger partial charge in [-0.3, -0.25) is 4.79 Å². The van der Waals surface area contributed by atoms with Crippen molar-refractivity contribution < 1.29 is 9.53 Å². The number of rotatable bonds is 5. The summed E-state index contributed by atoms with van der Waals surface area (Å²) in [6, 6.07) is 24.2. The Bertz CT molecular complexity index is 1040. The fourth-order valence-corrected chi connectivity index (χ4v) is 2.76. The highest BCUT2D eigenvalue weighted by Gasteiger charge is 2.27. The van der Waals surface area contributed by atoms with Gasteiger partial charge in [-0.2, -0.15) is 4.68 Å². The molecule has 26 heavy (non-hydrogen) atoms. The fraction of sp³-hybridized carbons (Fsp3) is 0.0952. The minimum absolute atomic E-state index is 0.176. The van der Waals surface area contributed by atoms with Crippen molar-refractivity contribution >= 4 is 16.8 Å². The number of Topliss-reactive ketones (excluding diaryl/α,β-unsaturated/α-hetero) is 1. The average Bonchev–Trinajstić information content (AvgIpc) is 3.11. The van der Waals surface area contributed by atoms with Gasteiger partial charge in [-0.05, 0) is 31.2 Å². The van der Waals surface area contributed by atoms with Gasteiger partial charge in [0.2, 0.25) is 5.78 Å². The van der Waals surface area contributed by atoms with Crippen LogP contribution in [0, 0.1) is 6.92 Å². The number of aromatic nitrogens is 3. The summed E-state index contributed by atoms with van der Waals surface area (Å²) in [7, 11) is 0. The maximum atomic E-state index is 13.2. The van der Waals surface area contributed by atoms with Gasteiger partial charge in [-0.25, -0.2) is 0 Å². The molecule has 0 spiro atoms. The number of hydrogen-bond donors (Lipinski definition) is 0. The van der Waals surface area contributed by atoms with E-state index in [2.05, 4.69) is 10.3 Å². The summed E-state index contributed by atoms with van der Waals surface area (Å²) in [5, 5.41) is 8.33. The summed E-state index contributed by atoms with van der Waals surface area (Å²) in [4.78, 5) is 13.2. The van der Waals surface area contributed by atoms with Gasteiger partial charge in [-0.1, -0.05) is 65.4 Å². The van der Waals surface area contributed by atoms with E-state index in [9.17, 15) is 4.79 Å². The van der Waals surface area contributed by atoms with E-state index in [0.717, 1.165) is 11.1 Å². The van der Waals surface area contributed by atoms with Crippen molar-refractivity contribution in [3.8, 4) is 5.75 Å². The van der Waals surface area contributed by atoms with E-state index in [0.29, 0.717) is 16.8 Å². The fourth-order valence-electron chi connectivity index (χ4n) is 2.76. The Morgan fingerprint density at radius 1 is 0.923 bits per heavy atom. The molecule has 3 aromatic carbocycles. The van der Waals surface area contributed by atoms with Gasteiger partial charge in [0.05, 0.1) is 5.52 Å². The van der Waals surface area contributed by atoms with Crippen LogP contribution in [0.5, 0.6) is 5.75 Å². The molecule has 1 unspecified atom stereocenters. The lowest BCUT2D eigenvalue weighted by molar-refractivity contribution is 0.0627. The van der Waals surface area contributed by atoms with Crippen LogP contribution in [0.2, 0.25) is 0 Å². The molecule has 1 heterocycles. The van der Waals surface area contributed by atoms with E-state index in [4.69, 9.17) is 4.74 Å². The zero-order valence-corrected chi connectivity index (χ0v) is 14.2. The average molecular weight is 343 g/mol. The number of nitrogens with zero attached hydrogens (tertiary/aromatic N) is 3. The predicted octanol–water partition coefficient (Wildman–Crippen LogP) is 4.20. The van der Waals surface area contributed by atoms with Gasteiger partial charge in [0, 0.05) is 5.56 Å². The number of carbonyl (C=O) groups excluding carboxylic acids is 1. The molecular formula is C21H17N3O2. The van der Waals surface area contributed by atoms with Crippen LogP contribution in [0.1, 0.15) is 22.1 Å². The number of ether oxygens (including phenoxy) is 1. The first kappa shape index (κ1) is 16.0. The molecule has 0 radical (unpaired) electrons. The molecule has 0 N–H and O–H groups in total. The molecule has 1 aromatic heterocycles. The second-order valence-electron chi connectivity index (χ2n) is 6.04. The van der Waals surface area contributed by atoms with Crippen LogP contribution in [-0.2, 0) is 0 Å². The van der Waals surface area contributed by atoms with E-state index in [-0.39, 0.29) is 5.78 Å². The Morgan fingerprint density at radius 3 is 2.38 bits per heavy atom. The van der Waals surface area contributed by atoms with Crippen molar-refractivity contribution in [3.63, 3.8) is 0 Å². The smallest absolute Gasteiger partial charge is 0.256 e. The number of fused-ring (bicyclic) bond motifs is 1. The summed E-state index contributed by atoms with van der Waals surface area (Å²) in [5.74, 6) is 0.419. The largest absolute Gasteiger partial charge is 0.461 e. The Morgan fingerprint density at radius 2 is 1.62 bits per heavy atom. The van der Waals surface area contributed by atoms with Gasteiger partial charge in [0.1, 0.15) is 11.3 Å². The van der Waals surface area contributed by atoms with E-state index in [1.807, 2.05) is 73.7 Å². The molecule has 1 atom stereocenters. The first-order valence-electron chi connectivity index (χ1n) is 8.35. The number of hydrogen-bond acceptors (Lipinski definition) is 4. The van der Waals surface area contributed by atoms with E-state index >= 15 is 0 Å². The van der Waals surface area contributed by atoms with Crippen LogP contribution < -0.4 is 4.74 Å². The van der Waals surface area contributed by atoms with Crippen LogP contribution in [0.4, 0.5) is 0 Å². The number of aryl methyl sites for hydroxylation is 1. The molecule has 0 aliphatic rings. The normalized spacial score (nSPS) is 12.0. The van der Waals surface area contributed by atoms with Gasteiger partial charge in [0.25, 0.3) is 6.23 Å². The summed E-state index contributed by atoms with van der Waals surface area (Å²) in [5.41, 5.74) is 3.11. The maximum Gasteiger partial charge on any atom is 0.256 e. The number of ketones is 1. The standard InChI is InChI=1S/C21H17N3O2/c1-15-11-13-16(14-12-15)20(25)21(26-17-7-3-2-4-8-17)24-19-10-6-5-9-18(19)22-23-24/h2-14,21H,1H3. The van der Waals surface area contributed by atoms with Crippen molar-refractivity contribution in [3.05, 3.63) is 90.0 Å². The zero-order valence-electron chi connectivity index (χ0n) is 14.2. The van der Waals surface area contributed by atoms with Crippen LogP contribution in [0.3, 0.4) is 0 Å². The molecule has 0 fully saturated rings. The monoisotopic (exact) mass is 343 g/mol. The predicted molar refractivity (Wildman–Crippen MR) is 99.1 cm³/mol. The third kappa shape index (κ3) is 3.07. The number of para-hydroxylation sites is 2. The van der Waals surface area contributed by atoms with Crippen molar-refractivity contribution in [2.45, 2.75) is 13.2 Å². The molecule has 0 bridgehead atoms. The molecule has 5 heteroatoms. The lowest BCUT2D eigenvalue weighted by Gasteiger charge is -2.19. The summed E-state index contributed by atoms with van der Waals surface area (Å²) in [6.07, 6.45) is -0.937. The van der Waals surface area contributed by atoms with Crippen LogP contribution in [0.15, 0.2) is 78.9 Å². The first-order chi connectivity index (χ1) is 12.7. The molecule has 0 saturated carbocycles. The van der Waals surface area contributed by atoms with Crippen molar-refractivity contribution in [2.75, 3.05) is 0 Å². The van der Waals surface area contributed by atoms with Crippen LogP contribution in [-0.4, -0.2) is 20.8 Å². The van der Waals surface area contributed by atoms with Gasteiger partial charge in [-0.15, -0.1) is 5.10 Å². The zero-order chi connectivity index (χ0) is 17.9. The second-order valence-corrected chi connectivity index (χ2v) is 6.04. The molecule has 5 nitrogen and oxygen atoms in total. The van der Waals surface area contributed by atoms with Crippen molar-refractivity contribution in [1.29, 1.82) is 0 Å². The highest BCUT2D eigenvalue weighted by atomic mass is 16.5. The quantitative estimate of drug-likeness (QED) is 0.510. The van der Waals surface area contributed by atoms with Crippen LogP contribution >= 0.6 is 0 Å². The van der Waals surface area contributed by atoms with Gasteiger partial charge in [0.15, 0.2) is 0 Å². The maximum absolute atomic E-state index is 13.2. The second kappa shape index (κ2) is 6.80. The highest BCUT2D eigenvalue weighted by molar-refractivity contribution is 5.99. The Kier molecular flexibility index (Phi) is 4.19. The lowest BCUT2D eigenvalue weighted by Crippen LogP contribution is -2.26. The highest BCUT2D eigenvalue weighted by Crippen LogP contribution is 2.24. The third-order valence-corrected chi connectivity index (χ3v) is 4.15. The minimum Gasteiger partial charge on any atom is -0.461 e. The van der Waals surface area contributed by atoms with E-state index in [1.165, 1.54) is 4.68 Å². The molecule has 0 aliphatic carbocycles. The molecule has 4 rings (SSSR count). The Balaban J connectivity index is 1.78. The first-order valence-corrected chi connectivity index (χ1v) is 8.35. The summed E-state index contributed by atoms with van der Waals surface area (Å²) < 4.78 is 7.56. The van der Waals surface area contributed by atoms with Gasteiger partial charge >= 0.3 is 0 Å². The van der Waals surface area contributed by atoms with Crippen LogP contribution in [0.25, 0.3) is 11.0 Å². The summed E-state index contributed by atoms with van der Waals surface area (Å²) >= 11 is 0. The SMILES string of the molecule is Cc1ccc(C(=O)C(Oc2ccccc2)n2nnc3ccccc32)cc1. The van der Waals surface area contributed by atoms with Crippen molar-refractivity contribution in [1.82, 2.24) is 15.0 Å². The number of carbonyl (C=O) groups is 1. The molecule has 0 amide bonds. The Hall–Kier alpha value is -3.47. The molecule has 128 valence electrons. The topological polar surface area (TPSA) is 57.0 Å². The lowest BCUT2D eigenvalue weighted by atomic mass is 10.1. The van der Waals surface area contributed by atoms with E-state index < -0.39 is 6.23 Å². The third-order valence-electron chi connectivity index (χ3n) is 4.15. The van der Waals surface area contributed by atoms with E-state index in [1.54, 1.807) is 12.1 Å². The molecule has 0 saturated heterocycles. The Labute approximate surface area is 150 Å². The minimum atomic E-state index is -0.937. The molecular weight excluding hydrogens is 326 g/mol.